The van der Waals surface area contributed by atoms with Crippen LogP contribution in [0.5, 0.6) is 0 Å². The number of nitriles is 1. The average molecular weight is 232 g/mol. The highest BCUT2D eigenvalue weighted by molar-refractivity contribution is 5.15. The molecule has 0 N–H and O–H groups in total. The van der Waals surface area contributed by atoms with E-state index < -0.39 is 12.2 Å². The zero-order valence-corrected chi connectivity index (χ0v) is 8.91. The van der Waals surface area contributed by atoms with E-state index >= 15 is 0 Å². The van der Waals surface area contributed by atoms with E-state index in [1.165, 1.54) is 0 Å². The van der Waals surface area contributed by atoms with E-state index in [0.29, 0.717) is 17.8 Å². The largest absolute Gasteiger partial charge is 0.410 e. The van der Waals surface area contributed by atoms with Crippen molar-refractivity contribution >= 4 is 0 Å². The summed E-state index contributed by atoms with van der Waals surface area (Å²) in [6.45, 7) is 2.73. The summed E-state index contributed by atoms with van der Waals surface area (Å²) in [5.41, 5.74) is 0.687. The summed E-state index contributed by atoms with van der Waals surface area (Å²) >= 11 is 0. The van der Waals surface area contributed by atoms with Gasteiger partial charge in [-0.25, -0.2) is 4.68 Å². The van der Waals surface area contributed by atoms with E-state index in [9.17, 15) is 13.2 Å². The lowest BCUT2D eigenvalue weighted by Crippen LogP contribution is -2.26. The van der Waals surface area contributed by atoms with E-state index in [-0.39, 0.29) is 6.42 Å². The maximum absolute atomic E-state index is 12.5. The normalized spacial score (nSPS) is 13.5. The maximum atomic E-state index is 12.5. The van der Waals surface area contributed by atoms with Gasteiger partial charge in [-0.1, -0.05) is 12.1 Å². The Morgan fingerprint density at radius 2 is 2.12 bits per heavy atom. The predicted molar refractivity (Wildman–Crippen MR) is 49.5 cm³/mol. The molecule has 0 aliphatic rings. The molecule has 0 amide bonds. The lowest BCUT2D eigenvalue weighted by Gasteiger charge is -2.17. The quantitative estimate of drug-likeness (QED) is 0.801. The molecule has 88 valence electrons. The van der Waals surface area contributed by atoms with Crippen molar-refractivity contribution < 1.29 is 13.2 Å². The highest BCUT2D eigenvalue weighted by Gasteiger charge is 2.39. The Morgan fingerprint density at radius 3 is 2.56 bits per heavy atom. The molecule has 1 aromatic heterocycles. The first-order valence-electron chi connectivity index (χ1n) is 4.78. The molecule has 7 heteroatoms. The second-order valence-electron chi connectivity index (χ2n) is 3.33. The van der Waals surface area contributed by atoms with Crippen molar-refractivity contribution in [2.75, 3.05) is 0 Å². The lowest BCUT2D eigenvalue weighted by atomic mass is 10.2. The Hall–Kier alpha value is -1.58. The number of rotatable bonds is 3. The van der Waals surface area contributed by atoms with E-state index in [1.807, 2.05) is 6.07 Å². The van der Waals surface area contributed by atoms with Crippen molar-refractivity contribution in [3.8, 4) is 6.07 Å². The molecule has 1 unspecified atom stereocenters. The molecule has 0 saturated heterocycles. The molecule has 4 nitrogen and oxygen atoms in total. The van der Waals surface area contributed by atoms with Crippen LogP contribution in [0.25, 0.3) is 0 Å². The summed E-state index contributed by atoms with van der Waals surface area (Å²) in [5.74, 6) is 0. The average Bonchev–Trinajstić information content (AvgIpc) is 2.58. The van der Waals surface area contributed by atoms with Gasteiger partial charge in [-0.15, -0.1) is 5.10 Å². The molecule has 1 aromatic rings. The van der Waals surface area contributed by atoms with Crippen LogP contribution in [0.4, 0.5) is 13.2 Å². The van der Waals surface area contributed by atoms with E-state index in [4.69, 9.17) is 5.26 Å². The number of hydrogen-bond donors (Lipinski definition) is 0. The van der Waals surface area contributed by atoms with Gasteiger partial charge in [-0.2, -0.15) is 18.4 Å². The zero-order chi connectivity index (χ0) is 12.3. The summed E-state index contributed by atoms with van der Waals surface area (Å²) in [5, 5.41) is 15.6. The lowest BCUT2D eigenvalue weighted by molar-refractivity contribution is -0.166. The van der Waals surface area contributed by atoms with Gasteiger partial charge in [0.05, 0.1) is 23.9 Å². The molecule has 1 rings (SSSR count). The van der Waals surface area contributed by atoms with Gasteiger partial charge in [-0.05, 0) is 13.3 Å². The molecule has 0 aliphatic carbocycles. The molecule has 16 heavy (non-hydrogen) atoms. The first kappa shape index (κ1) is 12.5. The molecule has 0 aromatic carbocycles. The fourth-order valence-corrected chi connectivity index (χ4v) is 1.37. The molecule has 0 spiro atoms. The number of aromatic nitrogens is 3. The summed E-state index contributed by atoms with van der Waals surface area (Å²) in [6, 6.07) is 0.133. The van der Waals surface area contributed by atoms with Gasteiger partial charge in [0.15, 0.2) is 0 Å². The first-order valence-corrected chi connectivity index (χ1v) is 4.78. The van der Waals surface area contributed by atoms with Crippen molar-refractivity contribution in [1.82, 2.24) is 15.0 Å². The molecular formula is C9H11F3N4. The summed E-state index contributed by atoms with van der Waals surface area (Å²) in [6.07, 6.45) is -4.01. The van der Waals surface area contributed by atoms with Gasteiger partial charge in [0.2, 0.25) is 0 Å². The first-order chi connectivity index (χ1) is 7.41. The van der Waals surface area contributed by atoms with Gasteiger partial charge in [0.1, 0.15) is 6.04 Å². The smallest absolute Gasteiger partial charge is 0.237 e. The maximum Gasteiger partial charge on any atom is 0.410 e. The Labute approximate surface area is 90.7 Å². The molecular weight excluding hydrogens is 221 g/mol. The van der Waals surface area contributed by atoms with Crippen LogP contribution in [-0.2, 0) is 12.8 Å². The topological polar surface area (TPSA) is 54.5 Å². The van der Waals surface area contributed by atoms with Gasteiger partial charge >= 0.3 is 6.18 Å². The van der Waals surface area contributed by atoms with Gasteiger partial charge < -0.3 is 0 Å². The van der Waals surface area contributed by atoms with E-state index in [1.54, 1.807) is 6.92 Å². The molecule has 1 atom stereocenters. The monoisotopic (exact) mass is 232 g/mol. The van der Waals surface area contributed by atoms with E-state index in [0.717, 1.165) is 11.6 Å². The molecule has 0 saturated carbocycles. The molecule has 0 radical (unpaired) electrons. The third kappa shape index (κ3) is 2.32. The minimum Gasteiger partial charge on any atom is -0.237 e. The van der Waals surface area contributed by atoms with Crippen LogP contribution in [0.1, 0.15) is 31.3 Å². The van der Waals surface area contributed by atoms with Crippen molar-refractivity contribution in [2.24, 2.45) is 0 Å². The number of alkyl halides is 3. The van der Waals surface area contributed by atoms with Crippen molar-refractivity contribution in [3.63, 3.8) is 0 Å². The van der Waals surface area contributed by atoms with Crippen LogP contribution in [0, 0.1) is 11.3 Å². The van der Waals surface area contributed by atoms with Crippen LogP contribution >= 0.6 is 0 Å². The van der Waals surface area contributed by atoms with Crippen LogP contribution in [-0.4, -0.2) is 21.2 Å². The highest BCUT2D eigenvalue weighted by Crippen LogP contribution is 2.30. The van der Waals surface area contributed by atoms with Gasteiger partial charge in [0.25, 0.3) is 0 Å². The van der Waals surface area contributed by atoms with Crippen LogP contribution in [0.15, 0.2) is 0 Å². The Morgan fingerprint density at radius 1 is 1.50 bits per heavy atom. The molecule has 0 aliphatic heterocycles. The Bertz CT molecular complexity index is 402. The molecule has 0 bridgehead atoms. The van der Waals surface area contributed by atoms with Gasteiger partial charge in [0, 0.05) is 0 Å². The number of nitrogens with zero attached hydrogens (tertiary/aromatic N) is 4. The molecule has 1 heterocycles. The minimum atomic E-state index is -4.36. The van der Waals surface area contributed by atoms with Crippen LogP contribution in [0.2, 0.25) is 0 Å². The van der Waals surface area contributed by atoms with Crippen LogP contribution in [0.3, 0.4) is 0 Å². The summed E-state index contributed by atoms with van der Waals surface area (Å²) in [7, 11) is 0. The fraction of sp³-hybridized carbons (Fsp3) is 0.667. The second kappa shape index (κ2) is 4.51. The number of halogens is 3. The van der Waals surface area contributed by atoms with Crippen molar-refractivity contribution in [1.29, 1.82) is 5.26 Å². The fourth-order valence-electron chi connectivity index (χ4n) is 1.37. The second-order valence-corrected chi connectivity index (χ2v) is 3.33. The van der Waals surface area contributed by atoms with Crippen molar-refractivity contribution in [2.45, 2.75) is 38.9 Å². The van der Waals surface area contributed by atoms with Crippen LogP contribution < -0.4 is 0 Å². The predicted octanol–water partition coefficient (Wildman–Crippen LogP) is 2.03. The Kier molecular flexibility index (Phi) is 3.52. The van der Waals surface area contributed by atoms with Crippen molar-refractivity contribution in [3.05, 3.63) is 11.4 Å². The van der Waals surface area contributed by atoms with Gasteiger partial charge in [-0.3, -0.25) is 0 Å². The zero-order valence-electron chi connectivity index (χ0n) is 8.91. The standard InChI is InChI=1S/C9H11F3N4/c1-3-8-7(4-5-13)14-15-16(8)6(2)9(10,11)12/h6H,3-4H2,1-2H3. The third-order valence-electron chi connectivity index (χ3n) is 2.29. The van der Waals surface area contributed by atoms with E-state index in [2.05, 4.69) is 10.3 Å². The summed E-state index contributed by atoms with van der Waals surface area (Å²) < 4.78 is 38.3. The third-order valence-corrected chi connectivity index (χ3v) is 2.29. The Balaban J connectivity index is 3.11. The SMILES string of the molecule is CCc1c(CC#N)nnn1C(C)C(F)(F)F. The highest BCUT2D eigenvalue weighted by atomic mass is 19.4. The molecule has 0 fully saturated rings. The summed E-state index contributed by atoms with van der Waals surface area (Å²) in [4.78, 5) is 0. The number of hydrogen-bond acceptors (Lipinski definition) is 3. The minimum absolute atomic E-state index is 0.0201.